The molecule has 0 aliphatic heterocycles. The van der Waals surface area contributed by atoms with Gasteiger partial charge in [-0.1, -0.05) is 0 Å². The number of rotatable bonds is 9. The molecule has 0 bridgehead atoms. The highest BCUT2D eigenvalue weighted by molar-refractivity contribution is 5.83. The van der Waals surface area contributed by atoms with Gasteiger partial charge in [-0.25, -0.2) is 4.39 Å². The third-order valence-corrected chi connectivity index (χ3v) is 4.22. The Hall–Kier alpha value is -2.80. The van der Waals surface area contributed by atoms with E-state index in [1.54, 1.807) is 13.3 Å². The second kappa shape index (κ2) is 9.78. The fourth-order valence-electron chi connectivity index (χ4n) is 2.85. The smallest absolute Gasteiger partial charge is 0.190 e. The topological polar surface area (TPSA) is 74.6 Å². The van der Waals surface area contributed by atoms with Crippen LogP contribution in [0.1, 0.15) is 17.7 Å². The molecule has 6 nitrogen and oxygen atoms in total. The highest BCUT2D eigenvalue weighted by Gasteiger charge is 2.05. The van der Waals surface area contributed by atoms with Crippen LogP contribution < -0.4 is 10.6 Å². The molecule has 3 N–H and O–H groups in total. The van der Waals surface area contributed by atoms with Crippen molar-refractivity contribution in [1.29, 1.82) is 0 Å². The zero-order chi connectivity index (χ0) is 18.9. The summed E-state index contributed by atoms with van der Waals surface area (Å²) >= 11 is 0. The van der Waals surface area contributed by atoms with Crippen molar-refractivity contribution < 1.29 is 13.5 Å². The van der Waals surface area contributed by atoms with E-state index in [4.69, 9.17) is 9.15 Å². The Labute approximate surface area is 157 Å². The summed E-state index contributed by atoms with van der Waals surface area (Å²) in [7, 11) is 1.75. The van der Waals surface area contributed by atoms with Gasteiger partial charge >= 0.3 is 0 Å². The van der Waals surface area contributed by atoms with E-state index in [9.17, 15) is 4.39 Å². The lowest BCUT2D eigenvalue weighted by Gasteiger charge is -2.11. The summed E-state index contributed by atoms with van der Waals surface area (Å²) in [5.74, 6) is 1.36. The maximum absolute atomic E-state index is 13.2. The molecule has 0 unspecified atom stereocenters. The SMILES string of the molecule is CN=C(NCCCOCc1ccco1)NCCc1c[nH]c2cc(F)ccc12. The van der Waals surface area contributed by atoms with Gasteiger partial charge in [-0.05, 0) is 48.7 Å². The van der Waals surface area contributed by atoms with Gasteiger partial charge in [0.25, 0.3) is 0 Å². The molecule has 0 saturated heterocycles. The molecule has 7 heteroatoms. The van der Waals surface area contributed by atoms with Crippen LogP contribution in [0.25, 0.3) is 10.9 Å². The first-order valence-electron chi connectivity index (χ1n) is 9.06. The van der Waals surface area contributed by atoms with E-state index in [0.29, 0.717) is 13.2 Å². The molecule has 0 aliphatic carbocycles. The maximum atomic E-state index is 13.2. The number of guanidine groups is 1. The summed E-state index contributed by atoms with van der Waals surface area (Å²) in [6.07, 6.45) is 5.26. The Morgan fingerprint density at radius 1 is 1.26 bits per heavy atom. The molecule has 3 rings (SSSR count). The number of furan rings is 1. The predicted molar refractivity (Wildman–Crippen MR) is 104 cm³/mol. The lowest BCUT2D eigenvalue weighted by molar-refractivity contribution is 0.105. The largest absolute Gasteiger partial charge is 0.467 e. The van der Waals surface area contributed by atoms with Crippen LogP contribution in [-0.4, -0.2) is 37.7 Å². The van der Waals surface area contributed by atoms with Crippen LogP contribution in [0.4, 0.5) is 4.39 Å². The molecule has 0 saturated carbocycles. The van der Waals surface area contributed by atoms with Crippen molar-refractivity contribution in [2.24, 2.45) is 4.99 Å². The van der Waals surface area contributed by atoms with E-state index in [2.05, 4.69) is 20.6 Å². The van der Waals surface area contributed by atoms with Gasteiger partial charge in [-0.15, -0.1) is 0 Å². The molecular formula is C20H25FN4O2. The quantitative estimate of drug-likeness (QED) is 0.306. The van der Waals surface area contributed by atoms with E-state index in [1.165, 1.54) is 12.1 Å². The molecule has 0 fully saturated rings. The Morgan fingerprint density at radius 3 is 2.96 bits per heavy atom. The summed E-state index contributed by atoms with van der Waals surface area (Å²) in [6, 6.07) is 8.56. The van der Waals surface area contributed by atoms with E-state index >= 15 is 0 Å². The van der Waals surface area contributed by atoms with Gasteiger partial charge in [-0.3, -0.25) is 4.99 Å². The number of H-pyrrole nitrogens is 1. The number of hydrogen-bond donors (Lipinski definition) is 3. The van der Waals surface area contributed by atoms with E-state index in [0.717, 1.165) is 54.1 Å². The normalized spacial score (nSPS) is 11.9. The number of halogens is 1. The Balaban J connectivity index is 1.33. The van der Waals surface area contributed by atoms with Crippen LogP contribution in [0.5, 0.6) is 0 Å². The van der Waals surface area contributed by atoms with Gasteiger partial charge in [-0.2, -0.15) is 0 Å². The van der Waals surface area contributed by atoms with Crippen molar-refractivity contribution in [3.63, 3.8) is 0 Å². The van der Waals surface area contributed by atoms with Gasteiger partial charge in [0.2, 0.25) is 0 Å². The van der Waals surface area contributed by atoms with Crippen molar-refractivity contribution in [1.82, 2.24) is 15.6 Å². The third kappa shape index (κ3) is 5.59. The molecule has 1 aromatic carbocycles. The molecule has 0 amide bonds. The minimum absolute atomic E-state index is 0.230. The summed E-state index contributed by atoms with van der Waals surface area (Å²) in [6.45, 7) is 2.65. The molecular weight excluding hydrogens is 347 g/mol. The van der Waals surface area contributed by atoms with Crippen molar-refractivity contribution in [3.05, 3.63) is 59.9 Å². The van der Waals surface area contributed by atoms with Crippen LogP contribution in [-0.2, 0) is 17.8 Å². The molecule has 27 heavy (non-hydrogen) atoms. The van der Waals surface area contributed by atoms with E-state index in [1.807, 2.05) is 24.4 Å². The number of hydrogen-bond acceptors (Lipinski definition) is 3. The van der Waals surface area contributed by atoms with Gasteiger partial charge in [0.15, 0.2) is 5.96 Å². The lowest BCUT2D eigenvalue weighted by atomic mass is 10.1. The van der Waals surface area contributed by atoms with Crippen molar-refractivity contribution in [3.8, 4) is 0 Å². The monoisotopic (exact) mass is 372 g/mol. The highest BCUT2D eigenvalue weighted by atomic mass is 19.1. The van der Waals surface area contributed by atoms with Gasteiger partial charge in [0.1, 0.15) is 18.2 Å². The van der Waals surface area contributed by atoms with E-state index < -0.39 is 0 Å². The van der Waals surface area contributed by atoms with Crippen molar-refractivity contribution >= 4 is 16.9 Å². The first-order valence-corrected chi connectivity index (χ1v) is 9.06. The Bertz CT molecular complexity index is 858. The summed E-state index contributed by atoms with van der Waals surface area (Å²) in [5.41, 5.74) is 1.97. The third-order valence-electron chi connectivity index (χ3n) is 4.22. The number of aliphatic imine (C=N–C) groups is 1. The summed E-state index contributed by atoms with van der Waals surface area (Å²) in [5, 5.41) is 7.61. The number of aromatic nitrogens is 1. The number of benzene rings is 1. The molecule has 0 atom stereocenters. The van der Waals surface area contributed by atoms with Crippen molar-refractivity contribution in [2.45, 2.75) is 19.4 Å². The number of nitrogens with one attached hydrogen (secondary N) is 3. The van der Waals surface area contributed by atoms with Gasteiger partial charge < -0.3 is 24.8 Å². The standard InChI is InChI=1S/C20H25FN4O2/c1-22-20(23-8-3-10-26-14-17-4-2-11-27-17)24-9-7-15-13-25-19-12-16(21)5-6-18(15)19/h2,4-6,11-13,25H,3,7-10,14H2,1H3,(H2,22,23,24). The predicted octanol–water partition coefficient (Wildman–Crippen LogP) is 3.21. The van der Waals surface area contributed by atoms with Crippen LogP contribution in [0.3, 0.4) is 0 Å². The minimum atomic E-state index is -0.230. The van der Waals surface area contributed by atoms with Gasteiger partial charge in [0.05, 0.1) is 6.26 Å². The molecule has 0 spiro atoms. The minimum Gasteiger partial charge on any atom is -0.467 e. The fraction of sp³-hybridized carbons (Fsp3) is 0.350. The van der Waals surface area contributed by atoms with Gasteiger partial charge in [0, 0.05) is 43.8 Å². The zero-order valence-corrected chi connectivity index (χ0v) is 15.4. The van der Waals surface area contributed by atoms with E-state index in [-0.39, 0.29) is 5.82 Å². The Morgan fingerprint density at radius 2 is 2.15 bits per heavy atom. The highest BCUT2D eigenvalue weighted by Crippen LogP contribution is 2.19. The van der Waals surface area contributed by atoms with Crippen molar-refractivity contribution in [2.75, 3.05) is 26.7 Å². The average Bonchev–Trinajstić information content (AvgIpc) is 3.32. The van der Waals surface area contributed by atoms with Crippen LogP contribution in [0.2, 0.25) is 0 Å². The second-order valence-corrected chi connectivity index (χ2v) is 6.17. The molecule has 144 valence electrons. The molecule has 0 radical (unpaired) electrons. The number of nitrogens with zero attached hydrogens (tertiary/aromatic N) is 1. The molecule has 0 aliphatic rings. The van der Waals surface area contributed by atoms with Crippen LogP contribution in [0.15, 0.2) is 52.2 Å². The first kappa shape index (κ1) is 19.0. The number of aromatic amines is 1. The summed E-state index contributed by atoms with van der Waals surface area (Å²) in [4.78, 5) is 7.33. The van der Waals surface area contributed by atoms with Crippen LogP contribution in [0, 0.1) is 5.82 Å². The maximum Gasteiger partial charge on any atom is 0.190 e. The second-order valence-electron chi connectivity index (χ2n) is 6.17. The molecule has 2 aromatic heterocycles. The summed E-state index contributed by atoms with van der Waals surface area (Å²) < 4.78 is 24.0. The van der Waals surface area contributed by atoms with Crippen LogP contribution >= 0.6 is 0 Å². The number of ether oxygens (including phenoxy) is 1. The molecule has 2 heterocycles. The zero-order valence-electron chi connectivity index (χ0n) is 15.4. The average molecular weight is 372 g/mol. The molecule has 3 aromatic rings. The number of fused-ring (bicyclic) bond motifs is 1. The first-order chi connectivity index (χ1) is 13.3. The fourth-order valence-corrected chi connectivity index (χ4v) is 2.85. The lowest BCUT2D eigenvalue weighted by Crippen LogP contribution is -2.39. The Kier molecular flexibility index (Phi) is 6.87.